The second kappa shape index (κ2) is 5.14. The summed E-state index contributed by atoms with van der Waals surface area (Å²) in [6.45, 7) is 2.62. The highest BCUT2D eigenvalue weighted by Gasteiger charge is 2.30. The molecule has 0 radical (unpaired) electrons. The standard InChI is InChI=1S/C12H19N3OS/c1-8-11(17-7-14-8)6-15(2)12(16)5-10(13)9-3-4-9/h7,9-10H,3-6,13H2,1-2H3. The van der Waals surface area contributed by atoms with E-state index in [0.29, 0.717) is 18.9 Å². The number of rotatable bonds is 5. The molecule has 2 rings (SSSR count). The van der Waals surface area contributed by atoms with E-state index in [4.69, 9.17) is 5.73 Å². The van der Waals surface area contributed by atoms with Crippen LogP contribution < -0.4 is 5.73 Å². The maximum Gasteiger partial charge on any atom is 0.224 e. The predicted molar refractivity (Wildman–Crippen MR) is 68.6 cm³/mol. The topological polar surface area (TPSA) is 59.2 Å². The summed E-state index contributed by atoms with van der Waals surface area (Å²) >= 11 is 1.60. The van der Waals surface area contributed by atoms with Gasteiger partial charge >= 0.3 is 0 Å². The molecule has 1 aromatic heterocycles. The number of nitrogens with two attached hydrogens (primary N) is 1. The molecule has 0 bridgehead atoms. The van der Waals surface area contributed by atoms with Gasteiger partial charge in [0.1, 0.15) is 0 Å². The van der Waals surface area contributed by atoms with Gasteiger partial charge in [0.15, 0.2) is 0 Å². The Morgan fingerprint density at radius 3 is 2.94 bits per heavy atom. The zero-order chi connectivity index (χ0) is 12.4. The Bertz CT molecular complexity index is 400. The van der Waals surface area contributed by atoms with Gasteiger partial charge in [0, 0.05) is 24.4 Å². The molecule has 2 N–H and O–H groups in total. The molecular weight excluding hydrogens is 234 g/mol. The molecule has 1 amide bonds. The number of nitrogens with zero attached hydrogens (tertiary/aromatic N) is 2. The lowest BCUT2D eigenvalue weighted by Gasteiger charge is -2.19. The zero-order valence-corrected chi connectivity index (χ0v) is 11.2. The normalized spacial score (nSPS) is 16.9. The molecule has 0 saturated heterocycles. The van der Waals surface area contributed by atoms with Gasteiger partial charge in [0.2, 0.25) is 5.91 Å². The van der Waals surface area contributed by atoms with Crippen LogP contribution in [0.25, 0.3) is 0 Å². The highest BCUT2D eigenvalue weighted by Crippen LogP contribution is 2.33. The van der Waals surface area contributed by atoms with Crippen molar-refractivity contribution in [2.75, 3.05) is 7.05 Å². The lowest BCUT2D eigenvalue weighted by molar-refractivity contribution is -0.130. The summed E-state index contributed by atoms with van der Waals surface area (Å²) in [5.41, 5.74) is 8.80. The fraction of sp³-hybridized carbons (Fsp3) is 0.667. The van der Waals surface area contributed by atoms with Gasteiger partial charge in [-0.3, -0.25) is 4.79 Å². The monoisotopic (exact) mass is 253 g/mol. The molecule has 94 valence electrons. The molecule has 1 heterocycles. The van der Waals surface area contributed by atoms with Crippen LogP contribution in [0.15, 0.2) is 5.51 Å². The number of thiazole rings is 1. The third-order valence-electron chi connectivity index (χ3n) is 3.29. The van der Waals surface area contributed by atoms with E-state index < -0.39 is 0 Å². The van der Waals surface area contributed by atoms with Crippen LogP contribution in [0.4, 0.5) is 0 Å². The van der Waals surface area contributed by atoms with E-state index in [1.54, 1.807) is 16.2 Å². The van der Waals surface area contributed by atoms with Crippen LogP contribution in [0, 0.1) is 12.8 Å². The minimum Gasteiger partial charge on any atom is -0.340 e. The summed E-state index contributed by atoms with van der Waals surface area (Å²) in [5.74, 6) is 0.717. The van der Waals surface area contributed by atoms with E-state index in [-0.39, 0.29) is 11.9 Å². The van der Waals surface area contributed by atoms with E-state index in [1.807, 2.05) is 19.5 Å². The van der Waals surface area contributed by atoms with Crippen LogP contribution in [-0.4, -0.2) is 28.9 Å². The number of aryl methyl sites for hydroxylation is 1. The number of carbonyl (C=O) groups excluding carboxylic acids is 1. The second-order valence-corrected chi connectivity index (χ2v) is 5.76. The molecule has 1 fully saturated rings. The van der Waals surface area contributed by atoms with E-state index in [0.717, 1.165) is 10.6 Å². The Hall–Kier alpha value is -0.940. The van der Waals surface area contributed by atoms with Crippen LogP contribution in [0.2, 0.25) is 0 Å². The Kier molecular flexibility index (Phi) is 3.79. The molecule has 1 saturated carbocycles. The van der Waals surface area contributed by atoms with E-state index in [2.05, 4.69) is 4.98 Å². The van der Waals surface area contributed by atoms with Gasteiger partial charge in [-0.2, -0.15) is 0 Å². The van der Waals surface area contributed by atoms with E-state index in [9.17, 15) is 4.79 Å². The maximum absolute atomic E-state index is 12.0. The van der Waals surface area contributed by atoms with E-state index >= 15 is 0 Å². The first-order valence-electron chi connectivity index (χ1n) is 5.96. The third-order valence-corrected chi connectivity index (χ3v) is 4.21. The Morgan fingerprint density at radius 2 is 2.41 bits per heavy atom. The summed E-state index contributed by atoms with van der Waals surface area (Å²) in [4.78, 5) is 19.0. The number of amides is 1. The summed E-state index contributed by atoms with van der Waals surface area (Å²) in [7, 11) is 1.83. The van der Waals surface area contributed by atoms with Crippen LogP contribution in [-0.2, 0) is 11.3 Å². The fourth-order valence-electron chi connectivity index (χ4n) is 1.83. The molecule has 1 unspecified atom stereocenters. The van der Waals surface area contributed by atoms with Crippen molar-refractivity contribution in [3.05, 3.63) is 16.1 Å². The van der Waals surface area contributed by atoms with Gasteiger partial charge in [0.05, 0.1) is 17.7 Å². The van der Waals surface area contributed by atoms with Crippen molar-refractivity contribution >= 4 is 17.2 Å². The third kappa shape index (κ3) is 3.26. The van der Waals surface area contributed by atoms with Gasteiger partial charge in [-0.25, -0.2) is 4.98 Å². The zero-order valence-electron chi connectivity index (χ0n) is 10.3. The summed E-state index contributed by atoms with van der Waals surface area (Å²) in [6, 6.07) is 0.0486. The molecule has 1 aliphatic rings. The first-order chi connectivity index (χ1) is 8.08. The van der Waals surface area contributed by atoms with Gasteiger partial charge in [-0.15, -0.1) is 11.3 Å². The minimum atomic E-state index is 0.0486. The van der Waals surface area contributed by atoms with Crippen molar-refractivity contribution < 1.29 is 4.79 Å². The van der Waals surface area contributed by atoms with Crippen LogP contribution in [0.5, 0.6) is 0 Å². The van der Waals surface area contributed by atoms with Gasteiger partial charge in [-0.05, 0) is 25.7 Å². The first kappa shape index (κ1) is 12.5. The minimum absolute atomic E-state index is 0.0486. The lowest BCUT2D eigenvalue weighted by Crippen LogP contribution is -2.34. The van der Waals surface area contributed by atoms with Crippen molar-refractivity contribution in [3.63, 3.8) is 0 Å². The van der Waals surface area contributed by atoms with Crippen LogP contribution in [0.1, 0.15) is 29.8 Å². The summed E-state index contributed by atoms with van der Waals surface area (Å²) in [5, 5.41) is 0. The molecule has 1 aromatic rings. The number of hydrogen-bond acceptors (Lipinski definition) is 4. The van der Waals surface area contributed by atoms with Crippen molar-refractivity contribution in [1.82, 2.24) is 9.88 Å². The van der Waals surface area contributed by atoms with Crippen molar-refractivity contribution in [2.24, 2.45) is 11.7 Å². The first-order valence-corrected chi connectivity index (χ1v) is 6.84. The van der Waals surface area contributed by atoms with Gasteiger partial charge in [-0.1, -0.05) is 0 Å². The molecule has 4 nitrogen and oxygen atoms in total. The predicted octanol–water partition coefficient (Wildman–Crippen LogP) is 1.54. The molecule has 5 heteroatoms. The summed E-state index contributed by atoms with van der Waals surface area (Å²) < 4.78 is 0. The molecule has 0 aliphatic heterocycles. The molecule has 17 heavy (non-hydrogen) atoms. The number of aromatic nitrogens is 1. The van der Waals surface area contributed by atoms with Crippen molar-refractivity contribution in [2.45, 2.75) is 38.8 Å². The molecular formula is C12H19N3OS. The smallest absolute Gasteiger partial charge is 0.224 e. The van der Waals surface area contributed by atoms with Crippen LogP contribution >= 0.6 is 11.3 Å². The van der Waals surface area contributed by atoms with Crippen LogP contribution in [0.3, 0.4) is 0 Å². The van der Waals surface area contributed by atoms with E-state index in [1.165, 1.54) is 12.8 Å². The highest BCUT2D eigenvalue weighted by atomic mass is 32.1. The molecule has 0 spiro atoms. The summed E-state index contributed by atoms with van der Waals surface area (Å²) in [6.07, 6.45) is 2.84. The Balaban J connectivity index is 1.84. The lowest BCUT2D eigenvalue weighted by atomic mass is 10.1. The molecule has 1 atom stereocenters. The fourth-order valence-corrected chi connectivity index (χ4v) is 2.66. The SMILES string of the molecule is Cc1ncsc1CN(C)C(=O)CC(N)C1CC1. The average molecular weight is 253 g/mol. The largest absolute Gasteiger partial charge is 0.340 e. The quantitative estimate of drug-likeness (QED) is 0.866. The average Bonchev–Trinajstić information content (AvgIpc) is 3.05. The van der Waals surface area contributed by atoms with Crippen molar-refractivity contribution in [1.29, 1.82) is 0 Å². The highest BCUT2D eigenvalue weighted by molar-refractivity contribution is 7.09. The maximum atomic E-state index is 12.0. The number of carbonyl (C=O) groups is 1. The van der Waals surface area contributed by atoms with Crippen molar-refractivity contribution in [3.8, 4) is 0 Å². The Labute approximate surface area is 106 Å². The van der Waals surface area contributed by atoms with Gasteiger partial charge < -0.3 is 10.6 Å². The second-order valence-electron chi connectivity index (χ2n) is 4.82. The van der Waals surface area contributed by atoms with Gasteiger partial charge in [0.25, 0.3) is 0 Å². The Morgan fingerprint density at radius 1 is 1.71 bits per heavy atom. The number of hydrogen-bond donors (Lipinski definition) is 1. The molecule has 0 aromatic carbocycles. The molecule has 1 aliphatic carbocycles.